The van der Waals surface area contributed by atoms with Crippen molar-refractivity contribution < 1.29 is 8.42 Å². The van der Waals surface area contributed by atoms with E-state index in [0.717, 1.165) is 0 Å². The molecule has 1 N–H and O–H groups in total. The first-order valence-electron chi connectivity index (χ1n) is 5.34. The summed E-state index contributed by atoms with van der Waals surface area (Å²) in [6, 6.07) is 4.08. The second-order valence-corrected chi connectivity index (χ2v) is 8.21. The Morgan fingerprint density at radius 2 is 1.89 bits per heavy atom. The molecule has 18 heavy (non-hydrogen) atoms. The Bertz CT molecular complexity index is 520. The van der Waals surface area contributed by atoms with Gasteiger partial charge in [-0.2, -0.15) is 0 Å². The number of alkyl halides is 1. The van der Waals surface area contributed by atoms with E-state index in [2.05, 4.69) is 20.7 Å². The van der Waals surface area contributed by atoms with E-state index in [-0.39, 0.29) is 20.8 Å². The average Bonchev–Trinajstić information content (AvgIpc) is 2.19. The van der Waals surface area contributed by atoms with Gasteiger partial charge in [-0.25, -0.2) is 13.1 Å². The van der Waals surface area contributed by atoms with Crippen LogP contribution in [-0.4, -0.2) is 19.3 Å². The van der Waals surface area contributed by atoms with E-state index in [1.165, 1.54) is 18.2 Å². The summed E-state index contributed by atoms with van der Waals surface area (Å²) in [7, 11) is -3.56. The normalized spacial score (nSPS) is 15.4. The minimum Gasteiger partial charge on any atom is -0.208 e. The fraction of sp³-hybridized carbons (Fsp3) is 0.455. The summed E-state index contributed by atoms with van der Waals surface area (Å²) in [5.74, 6) is 0. The molecule has 0 heterocycles. The van der Waals surface area contributed by atoms with Gasteiger partial charge in [0.25, 0.3) is 0 Å². The number of benzene rings is 1. The number of hydrogen-bond acceptors (Lipinski definition) is 2. The first kappa shape index (κ1) is 16.2. The van der Waals surface area contributed by atoms with Crippen LogP contribution in [0, 0.1) is 0 Å². The van der Waals surface area contributed by atoms with Crippen LogP contribution < -0.4 is 4.72 Å². The lowest BCUT2D eigenvalue weighted by atomic mass is 10.2. The van der Waals surface area contributed by atoms with Crippen LogP contribution in [0.2, 0.25) is 10.0 Å². The molecular weight excluding hydrogens is 361 g/mol. The van der Waals surface area contributed by atoms with Gasteiger partial charge in [0, 0.05) is 10.9 Å². The summed E-state index contributed by atoms with van der Waals surface area (Å²) in [4.78, 5) is 0.356. The third-order valence-corrected chi connectivity index (χ3v) is 4.94. The topological polar surface area (TPSA) is 46.2 Å². The van der Waals surface area contributed by atoms with Crippen molar-refractivity contribution in [2.75, 3.05) is 0 Å². The largest absolute Gasteiger partial charge is 0.240 e. The van der Waals surface area contributed by atoms with Crippen molar-refractivity contribution in [2.45, 2.75) is 36.0 Å². The highest BCUT2D eigenvalue weighted by Crippen LogP contribution is 2.25. The Morgan fingerprint density at radius 3 is 2.39 bits per heavy atom. The molecule has 102 valence electrons. The number of rotatable bonds is 5. The van der Waals surface area contributed by atoms with E-state index in [1.807, 2.05) is 13.8 Å². The molecule has 0 bridgehead atoms. The Morgan fingerprint density at radius 1 is 1.28 bits per heavy atom. The van der Waals surface area contributed by atoms with Gasteiger partial charge >= 0.3 is 0 Å². The summed E-state index contributed by atoms with van der Waals surface area (Å²) < 4.78 is 26.7. The van der Waals surface area contributed by atoms with Gasteiger partial charge in [-0.1, -0.05) is 46.1 Å². The third kappa shape index (κ3) is 4.70. The standard InChI is InChI=1S/C11H14BrCl2NO2S/c1-7(12)5-8(2)15-18(16,17)9-3-4-10(13)11(14)6-9/h3-4,6-8,15H,5H2,1-2H3. The van der Waals surface area contributed by atoms with E-state index in [1.54, 1.807) is 0 Å². The van der Waals surface area contributed by atoms with Crippen LogP contribution in [0.5, 0.6) is 0 Å². The molecule has 0 aromatic heterocycles. The van der Waals surface area contributed by atoms with E-state index < -0.39 is 10.0 Å². The molecule has 0 amide bonds. The van der Waals surface area contributed by atoms with Crippen molar-refractivity contribution in [1.82, 2.24) is 4.72 Å². The van der Waals surface area contributed by atoms with Gasteiger partial charge in [0.2, 0.25) is 10.0 Å². The van der Waals surface area contributed by atoms with Gasteiger partial charge in [0.15, 0.2) is 0 Å². The van der Waals surface area contributed by atoms with Gasteiger partial charge in [-0.15, -0.1) is 0 Å². The van der Waals surface area contributed by atoms with Crippen LogP contribution in [0.15, 0.2) is 23.1 Å². The van der Waals surface area contributed by atoms with Crippen molar-refractivity contribution in [1.29, 1.82) is 0 Å². The molecule has 0 aliphatic carbocycles. The van der Waals surface area contributed by atoms with Crippen LogP contribution in [0.1, 0.15) is 20.3 Å². The maximum Gasteiger partial charge on any atom is 0.240 e. The Kier molecular flexibility index (Phi) is 5.93. The molecule has 2 atom stereocenters. The molecule has 1 aromatic rings. The van der Waals surface area contributed by atoms with E-state index in [9.17, 15) is 8.42 Å². The maximum atomic E-state index is 12.1. The Labute approximate surface area is 126 Å². The van der Waals surface area contributed by atoms with Crippen LogP contribution in [0.4, 0.5) is 0 Å². The molecule has 0 fully saturated rings. The quantitative estimate of drug-likeness (QED) is 0.796. The summed E-state index contributed by atoms with van der Waals surface area (Å²) in [6.45, 7) is 3.77. The number of hydrogen-bond donors (Lipinski definition) is 1. The highest BCUT2D eigenvalue weighted by molar-refractivity contribution is 9.09. The lowest BCUT2D eigenvalue weighted by Crippen LogP contribution is -2.33. The zero-order valence-corrected chi connectivity index (χ0v) is 13.9. The summed E-state index contributed by atoms with van der Waals surface area (Å²) in [6.07, 6.45) is 0.695. The minimum atomic E-state index is -3.56. The molecule has 0 saturated heterocycles. The van der Waals surface area contributed by atoms with Crippen molar-refractivity contribution in [3.8, 4) is 0 Å². The third-order valence-electron chi connectivity index (χ3n) is 2.24. The highest BCUT2D eigenvalue weighted by Gasteiger charge is 2.19. The number of sulfonamides is 1. The van der Waals surface area contributed by atoms with Crippen LogP contribution in [0.25, 0.3) is 0 Å². The molecular formula is C11H14BrCl2NO2S. The molecule has 0 saturated carbocycles. The molecule has 0 spiro atoms. The summed E-state index contributed by atoms with van der Waals surface area (Å²) in [5.41, 5.74) is 0. The molecule has 2 unspecified atom stereocenters. The molecule has 0 radical (unpaired) electrons. The molecule has 7 heteroatoms. The first-order valence-corrected chi connectivity index (χ1v) is 8.49. The minimum absolute atomic E-state index is 0.117. The fourth-order valence-corrected chi connectivity index (χ4v) is 3.72. The van der Waals surface area contributed by atoms with Gasteiger partial charge in [0.1, 0.15) is 0 Å². The average molecular weight is 375 g/mol. The smallest absolute Gasteiger partial charge is 0.208 e. The second-order valence-electron chi connectivity index (χ2n) is 4.11. The van der Waals surface area contributed by atoms with Crippen molar-refractivity contribution >= 4 is 49.2 Å². The monoisotopic (exact) mass is 373 g/mol. The molecule has 0 aliphatic rings. The Balaban J connectivity index is 2.89. The molecule has 1 aromatic carbocycles. The second kappa shape index (κ2) is 6.57. The summed E-state index contributed by atoms with van der Waals surface area (Å²) >= 11 is 14.9. The molecule has 1 rings (SSSR count). The van der Waals surface area contributed by atoms with Gasteiger partial charge < -0.3 is 0 Å². The lowest BCUT2D eigenvalue weighted by Gasteiger charge is -2.15. The van der Waals surface area contributed by atoms with Crippen molar-refractivity contribution in [3.05, 3.63) is 28.2 Å². The predicted molar refractivity (Wildman–Crippen MR) is 79.3 cm³/mol. The van der Waals surface area contributed by atoms with Crippen LogP contribution in [-0.2, 0) is 10.0 Å². The summed E-state index contributed by atoms with van der Waals surface area (Å²) in [5, 5.41) is 0.554. The first-order chi connectivity index (χ1) is 8.22. The van der Waals surface area contributed by atoms with Gasteiger partial charge in [-0.3, -0.25) is 0 Å². The predicted octanol–water partition coefficient (Wildman–Crippen LogP) is 3.83. The van der Waals surface area contributed by atoms with Gasteiger partial charge in [0.05, 0.1) is 14.9 Å². The van der Waals surface area contributed by atoms with Crippen molar-refractivity contribution in [3.63, 3.8) is 0 Å². The van der Waals surface area contributed by atoms with Crippen LogP contribution >= 0.6 is 39.1 Å². The zero-order valence-electron chi connectivity index (χ0n) is 9.95. The van der Waals surface area contributed by atoms with Gasteiger partial charge in [-0.05, 0) is 31.5 Å². The van der Waals surface area contributed by atoms with Crippen LogP contribution in [0.3, 0.4) is 0 Å². The molecule has 0 aliphatic heterocycles. The number of nitrogens with one attached hydrogen (secondary N) is 1. The SMILES string of the molecule is CC(Br)CC(C)NS(=O)(=O)c1ccc(Cl)c(Cl)c1. The molecule has 3 nitrogen and oxygen atoms in total. The van der Waals surface area contributed by atoms with E-state index >= 15 is 0 Å². The van der Waals surface area contributed by atoms with Crippen molar-refractivity contribution in [2.24, 2.45) is 0 Å². The highest BCUT2D eigenvalue weighted by atomic mass is 79.9. The fourth-order valence-electron chi connectivity index (χ4n) is 1.51. The lowest BCUT2D eigenvalue weighted by molar-refractivity contribution is 0.548. The van der Waals surface area contributed by atoms with E-state index in [4.69, 9.17) is 23.2 Å². The Hall–Kier alpha value is 0.190. The van der Waals surface area contributed by atoms with E-state index in [0.29, 0.717) is 11.4 Å². The zero-order chi connectivity index (χ0) is 13.9. The number of halogens is 3. The maximum absolute atomic E-state index is 12.1.